The standard InChI is InChI=1S/C30H35Cl2F2N3O3/c1-29(2,3)14-24-30(18-12-22(34)20(32)13-23(18)36-28(30)40)25(16-5-7-21(33)19(31)11-16)26(37-24)27(39)35-9-8-15-4-6-17(38)10-15/h5,7,11-13,15,17,24-26,37-38H,4,6,8-10,14H2,1-3H3,(H,35,39)(H,36,40)/t15-,17+,24-,25+,26-,30+/m1/s1. The molecule has 2 fully saturated rings. The van der Waals surface area contributed by atoms with Crippen LogP contribution in [0.5, 0.6) is 0 Å². The van der Waals surface area contributed by atoms with E-state index in [0.717, 1.165) is 25.7 Å². The van der Waals surface area contributed by atoms with E-state index in [2.05, 4.69) is 16.0 Å². The van der Waals surface area contributed by atoms with Crippen molar-refractivity contribution in [1.82, 2.24) is 10.6 Å². The van der Waals surface area contributed by atoms with Gasteiger partial charge in [-0.25, -0.2) is 8.78 Å². The van der Waals surface area contributed by atoms with Crippen molar-refractivity contribution in [2.45, 2.75) is 82.4 Å². The molecule has 1 aliphatic carbocycles. The third kappa shape index (κ3) is 5.24. The minimum Gasteiger partial charge on any atom is -0.393 e. The van der Waals surface area contributed by atoms with Crippen LogP contribution >= 0.6 is 23.2 Å². The molecule has 2 heterocycles. The van der Waals surface area contributed by atoms with Gasteiger partial charge in [-0.2, -0.15) is 0 Å². The van der Waals surface area contributed by atoms with E-state index >= 15 is 0 Å². The quantitative estimate of drug-likeness (QED) is 0.346. The number of benzene rings is 2. The summed E-state index contributed by atoms with van der Waals surface area (Å²) in [6.45, 7) is 6.51. The summed E-state index contributed by atoms with van der Waals surface area (Å²) in [4.78, 5) is 28.0. The van der Waals surface area contributed by atoms with E-state index in [1.54, 1.807) is 0 Å². The molecule has 2 aliphatic heterocycles. The minimum absolute atomic E-state index is 0.123. The average Bonchev–Trinajstić information content (AvgIpc) is 3.51. The Bertz CT molecular complexity index is 1330. The molecule has 0 radical (unpaired) electrons. The topological polar surface area (TPSA) is 90.5 Å². The molecule has 2 aromatic rings. The molecule has 3 aliphatic rings. The summed E-state index contributed by atoms with van der Waals surface area (Å²) in [7, 11) is 0. The zero-order chi connectivity index (χ0) is 29.0. The SMILES string of the molecule is CC(C)(C)C[C@H]1N[C@@H](C(=O)NCC[C@H]2CC[C@H](O)C2)[C@H](c2ccc(F)c(Cl)c2)[C@@]12C(=O)Nc1cc(Cl)c(F)cc12. The van der Waals surface area contributed by atoms with Crippen LogP contribution in [0, 0.1) is 23.0 Å². The Balaban J connectivity index is 1.60. The van der Waals surface area contributed by atoms with Gasteiger partial charge in [-0.1, -0.05) is 50.0 Å². The zero-order valence-electron chi connectivity index (χ0n) is 22.8. The molecule has 40 heavy (non-hydrogen) atoms. The number of aliphatic hydroxyl groups is 1. The molecule has 0 unspecified atom stereocenters. The van der Waals surface area contributed by atoms with Crippen LogP contribution in [0.3, 0.4) is 0 Å². The molecule has 5 rings (SSSR count). The number of nitrogens with one attached hydrogen (secondary N) is 3. The molecular weight excluding hydrogens is 559 g/mol. The first-order valence-corrected chi connectivity index (χ1v) is 14.5. The smallest absolute Gasteiger partial charge is 0.237 e. The number of hydrogen-bond acceptors (Lipinski definition) is 4. The van der Waals surface area contributed by atoms with Crippen LogP contribution < -0.4 is 16.0 Å². The van der Waals surface area contributed by atoms with Crippen molar-refractivity contribution in [1.29, 1.82) is 0 Å². The van der Waals surface area contributed by atoms with Gasteiger partial charge in [0.05, 0.1) is 22.2 Å². The Morgan fingerprint density at radius 1 is 1.12 bits per heavy atom. The van der Waals surface area contributed by atoms with E-state index in [0.29, 0.717) is 35.7 Å². The van der Waals surface area contributed by atoms with Crippen molar-refractivity contribution in [2.75, 3.05) is 11.9 Å². The van der Waals surface area contributed by atoms with Crippen LogP contribution in [-0.4, -0.2) is 41.7 Å². The predicted octanol–water partition coefficient (Wildman–Crippen LogP) is 5.69. The number of amides is 2. The molecule has 2 aromatic carbocycles. The highest BCUT2D eigenvalue weighted by molar-refractivity contribution is 6.31. The third-order valence-corrected chi connectivity index (χ3v) is 9.23. The van der Waals surface area contributed by atoms with E-state index in [1.165, 1.54) is 30.3 Å². The maximum Gasteiger partial charge on any atom is 0.237 e. The van der Waals surface area contributed by atoms with Gasteiger partial charge < -0.3 is 21.1 Å². The van der Waals surface area contributed by atoms with Gasteiger partial charge in [-0.3, -0.25) is 9.59 Å². The molecule has 0 aromatic heterocycles. The lowest BCUT2D eigenvalue weighted by molar-refractivity contribution is -0.123. The van der Waals surface area contributed by atoms with Gasteiger partial charge in [0.25, 0.3) is 0 Å². The fourth-order valence-electron chi connectivity index (χ4n) is 6.96. The molecule has 216 valence electrons. The summed E-state index contributed by atoms with van der Waals surface area (Å²) in [5, 5.41) is 19.0. The molecule has 10 heteroatoms. The second kappa shape index (κ2) is 10.9. The monoisotopic (exact) mass is 593 g/mol. The molecule has 1 saturated carbocycles. The lowest BCUT2D eigenvalue weighted by Gasteiger charge is -2.37. The Hall–Kier alpha value is -2.26. The zero-order valence-corrected chi connectivity index (χ0v) is 24.3. The lowest BCUT2D eigenvalue weighted by Crippen LogP contribution is -2.49. The van der Waals surface area contributed by atoms with E-state index in [1.807, 2.05) is 20.8 Å². The maximum absolute atomic E-state index is 15.0. The van der Waals surface area contributed by atoms with Gasteiger partial charge in [0.2, 0.25) is 11.8 Å². The second-order valence-electron chi connectivity index (χ2n) is 12.7. The molecular formula is C30H35Cl2F2N3O3. The summed E-state index contributed by atoms with van der Waals surface area (Å²) < 4.78 is 29.3. The lowest BCUT2D eigenvalue weighted by atomic mass is 9.62. The van der Waals surface area contributed by atoms with Crippen molar-refractivity contribution in [3.8, 4) is 0 Å². The Morgan fingerprint density at radius 2 is 1.85 bits per heavy atom. The molecule has 1 spiro atoms. The van der Waals surface area contributed by atoms with Gasteiger partial charge in [0.1, 0.15) is 17.0 Å². The predicted molar refractivity (Wildman–Crippen MR) is 152 cm³/mol. The van der Waals surface area contributed by atoms with Gasteiger partial charge in [0.15, 0.2) is 0 Å². The maximum atomic E-state index is 15.0. The number of fused-ring (bicyclic) bond motifs is 2. The average molecular weight is 595 g/mol. The highest BCUT2D eigenvalue weighted by Crippen LogP contribution is 2.57. The normalized spacial score (nSPS) is 29.6. The van der Waals surface area contributed by atoms with E-state index < -0.39 is 35.1 Å². The fourth-order valence-corrected chi connectivity index (χ4v) is 7.31. The van der Waals surface area contributed by atoms with Crippen molar-refractivity contribution in [2.24, 2.45) is 11.3 Å². The van der Waals surface area contributed by atoms with Crippen molar-refractivity contribution < 1.29 is 23.5 Å². The summed E-state index contributed by atoms with van der Waals surface area (Å²) >= 11 is 12.3. The Kier molecular flexibility index (Phi) is 7.94. The second-order valence-corrected chi connectivity index (χ2v) is 13.5. The first-order chi connectivity index (χ1) is 18.8. The molecule has 6 atom stereocenters. The van der Waals surface area contributed by atoms with Gasteiger partial charge in [0, 0.05) is 24.2 Å². The van der Waals surface area contributed by atoms with Crippen molar-refractivity contribution >= 4 is 40.7 Å². The minimum atomic E-state index is -1.40. The molecule has 1 saturated heterocycles. The molecule has 0 bridgehead atoms. The molecule has 6 nitrogen and oxygen atoms in total. The van der Waals surface area contributed by atoms with Crippen LogP contribution in [-0.2, 0) is 15.0 Å². The number of hydrogen-bond donors (Lipinski definition) is 4. The summed E-state index contributed by atoms with van der Waals surface area (Å²) in [5.41, 5.74) is -0.379. The van der Waals surface area contributed by atoms with Crippen molar-refractivity contribution in [3.63, 3.8) is 0 Å². The van der Waals surface area contributed by atoms with Crippen molar-refractivity contribution in [3.05, 3.63) is 63.1 Å². The largest absolute Gasteiger partial charge is 0.393 e. The molecule has 4 N–H and O–H groups in total. The first kappa shape index (κ1) is 29.2. The number of halogens is 4. The third-order valence-electron chi connectivity index (χ3n) is 8.65. The highest BCUT2D eigenvalue weighted by atomic mass is 35.5. The summed E-state index contributed by atoms with van der Waals surface area (Å²) in [6, 6.07) is 5.41. The Morgan fingerprint density at radius 3 is 2.50 bits per heavy atom. The van der Waals surface area contributed by atoms with Crippen LogP contribution in [0.2, 0.25) is 10.0 Å². The Labute approximate surface area is 243 Å². The summed E-state index contributed by atoms with van der Waals surface area (Å²) in [5.74, 6) is -2.48. The van der Waals surface area contributed by atoms with Crippen LogP contribution in [0.1, 0.15) is 69.9 Å². The van der Waals surface area contributed by atoms with Gasteiger partial charge in [-0.05, 0) is 78.8 Å². The fraction of sp³-hybridized carbons (Fsp3) is 0.533. The van der Waals surface area contributed by atoms with Gasteiger partial charge in [-0.15, -0.1) is 0 Å². The number of aliphatic hydroxyl groups excluding tert-OH is 1. The van der Waals surface area contributed by atoms with Crippen LogP contribution in [0.25, 0.3) is 0 Å². The van der Waals surface area contributed by atoms with Crippen LogP contribution in [0.4, 0.5) is 14.5 Å². The number of carbonyl (C=O) groups excluding carboxylic acids is 2. The first-order valence-electron chi connectivity index (χ1n) is 13.8. The highest BCUT2D eigenvalue weighted by Gasteiger charge is 2.66. The van der Waals surface area contributed by atoms with E-state index in [4.69, 9.17) is 23.2 Å². The van der Waals surface area contributed by atoms with Gasteiger partial charge >= 0.3 is 0 Å². The number of rotatable bonds is 6. The van der Waals surface area contributed by atoms with E-state index in [-0.39, 0.29) is 33.4 Å². The van der Waals surface area contributed by atoms with Crippen LogP contribution in [0.15, 0.2) is 30.3 Å². The summed E-state index contributed by atoms with van der Waals surface area (Å²) in [6.07, 6.45) is 3.32. The number of carbonyl (C=O) groups is 2. The van der Waals surface area contributed by atoms with E-state index in [9.17, 15) is 23.5 Å². The number of anilines is 1. The molecule has 2 amide bonds.